The van der Waals surface area contributed by atoms with Crippen molar-refractivity contribution in [2.75, 3.05) is 13.1 Å². The van der Waals surface area contributed by atoms with Gasteiger partial charge in [-0.15, -0.1) is 0 Å². The van der Waals surface area contributed by atoms with Crippen LogP contribution in [-0.2, 0) is 0 Å². The molecule has 0 bridgehead atoms. The van der Waals surface area contributed by atoms with Crippen molar-refractivity contribution in [1.82, 2.24) is 4.90 Å². The van der Waals surface area contributed by atoms with Gasteiger partial charge in [-0.3, -0.25) is 4.79 Å². The molecule has 2 rings (SSSR count). The fraction of sp³-hybridized carbons (Fsp3) is 0.429. The molecule has 0 aromatic heterocycles. The number of amides is 1. The summed E-state index contributed by atoms with van der Waals surface area (Å²) in [6.07, 6.45) is 1.57. The van der Waals surface area contributed by atoms with E-state index in [9.17, 15) is 4.79 Å². The van der Waals surface area contributed by atoms with Crippen LogP contribution in [0.3, 0.4) is 0 Å². The molecule has 0 spiro atoms. The van der Waals surface area contributed by atoms with Crippen LogP contribution < -0.4 is 0 Å². The van der Waals surface area contributed by atoms with Gasteiger partial charge < -0.3 is 4.90 Å². The molecule has 0 radical (unpaired) electrons. The minimum absolute atomic E-state index is 0.0655. The van der Waals surface area contributed by atoms with Gasteiger partial charge in [0, 0.05) is 29.0 Å². The maximum Gasteiger partial charge on any atom is 0.253 e. The lowest BCUT2D eigenvalue weighted by Crippen LogP contribution is -2.38. The predicted molar refractivity (Wildman–Crippen MR) is 73.1 cm³/mol. The highest BCUT2D eigenvalue weighted by Crippen LogP contribution is 2.21. The third-order valence-electron chi connectivity index (χ3n) is 3.25. The third kappa shape index (κ3) is 2.91. The molecule has 1 aliphatic heterocycles. The average Bonchev–Trinajstić information content (AvgIpc) is 2.37. The molecule has 1 aliphatic rings. The molecule has 1 saturated heterocycles. The van der Waals surface area contributed by atoms with Gasteiger partial charge in [-0.2, -0.15) is 5.26 Å². The Balaban J connectivity index is 2.10. The monoisotopic (exact) mass is 306 g/mol. The van der Waals surface area contributed by atoms with Crippen LogP contribution in [-0.4, -0.2) is 23.9 Å². The highest BCUT2D eigenvalue weighted by Gasteiger charge is 2.23. The summed E-state index contributed by atoms with van der Waals surface area (Å²) in [7, 11) is 0. The number of halogens is 1. The maximum atomic E-state index is 12.3. The molecule has 0 N–H and O–H groups in total. The van der Waals surface area contributed by atoms with Crippen molar-refractivity contribution >= 4 is 21.8 Å². The minimum Gasteiger partial charge on any atom is -0.339 e. The van der Waals surface area contributed by atoms with Crippen molar-refractivity contribution in [3.05, 3.63) is 33.8 Å². The van der Waals surface area contributed by atoms with E-state index >= 15 is 0 Å². The second-order valence-corrected chi connectivity index (χ2v) is 5.63. The molecule has 0 atom stereocenters. The minimum atomic E-state index is 0.0655. The number of carbonyl (C=O) groups is 1. The SMILES string of the molecule is Cc1cc(Br)cc(C(=O)N2CCC(C#N)CC2)c1. The number of aryl methyl sites for hydroxylation is 1. The van der Waals surface area contributed by atoms with Crippen LogP contribution in [0.2, 0.25) is 0 Å². The maximum absolute atomic E-state index is 12.3. The van der Waals surface area contributed by atoms with Gasteiger partial charge in [0.1, 0.15) is 0 Å². The Morgan fingerprint density at radius 2 is 2.06 bits per heavy atom. The van der Waals surface area contributed by atoms with Crippen LogP contribution in [0.5, 0.6) is 0 Å². The van der Waals surface area contributed by atoms with E-state index in [0.717, 1.165) is 28.4 Å². The molecule has 1 heterocycles. The van der Waals surface area contributed by atoms with Crippen molar-refractivity contribution in [2.24, 2.45) is 5.92 Å². The Labute approximate surface area is 116 Å². The number of nitriles is 1. The molecule has 1 aromatic rings. The topological polar surface area (TPSA) is 44.1 Å². The normalized spacial score (nSPS) is 16.4. The molecule has 4 heteroatoms. The zero-order valence-electron chi connectivity index (χ0n) is 10.3. The molecule has 0 unspecified atom stereocenters. The van der Waals surface area contributed by atoms with Gasteiger partial charge >= 0.3 is 0 Å². The van der Waals surface area contributed by atoms with E-state index in [4.69, 9.17) is 5.26 Å². The number of carbonyl (C=O) groups excluding carboxylic acids is 1. The summed E-state index contributed by atoms with van der Waals surface area (Å²) < 4.78 is 0.928. The summed E-state index contributed by atoms with van der Waals surface area (Å²) in [6, 6.07) is 8.02. The van der Waals surface area contributed by atoms with Crippen LogP contribution in [0.4, 0.5) is 0 Å². The molecular formula is C14H15BrN2O. The third-order valence-corrected chi connectivity index (χ3v) is 3.71. The van der Waals surface area contributed by atoms with Crippen molar-refractivity contribution in [1.29, 1.82) is 5.26 Å². The van der Waals surface area contributed by atoms with Gasteiger partial charge in [0.05, 0.1) is 6.07 Å². The lowest BCUT2D eigenvalue weighted by atomic mass is 9.98. The Morgan fingerprint density at radius 1 is 1.39 bits per heavy atom. The van der Waals surface area contributed by atoms with Crippen LogP contribution in [0.15, 0.2) is 22.7 Å². The summed E-state index contributed by atoms with van der Waals surface area (Å²) in [5.41, 5.74) is 1.79. The van der Waals surface area contributed by atoms with E-state index in [2.05, 4.69) is 22.0 Å². The highest BCUT2D eigenvalue weighted by molar-refractivity contribution is 9.10. The molecule has 94 valence electrons. The van der Waals surface area contributed by atoms with Crippen LogP contribution in [0.1, 0.15) is 28.8 Å². The first kappa shape index (κ1) is 13.1. The number of piperidine rings is 1. The molecule has 0 saturated carbocycles. The molecule has 1 fully saturated rings. The molecular weight excluding hydrogens is 292 g/mol. The largest absolute Gasteiger partial charge is 0.339 e. The molecule has 18 heavy (non-hydrogen) atoms. The van der Waals surface area contributed by atoms with Crippen LogP contribution >= 0.6 is 15.9 Å². The molecule has 3 nitrogen and oxygen atoms in total. The summed E-state index contributed by atoms with van der Waals surface area (Å²) in [5, 5.41) is 8.85. The highest BCUT2D eigenvalue weighted by atomic mass is 79.9. The van der Waals surface area contributed by atoms with Gasteiger partial charge in [-0.1, -0.05) is 15.9 Å². The van der Waals surface area contributed by atoms with Gasteiger partial charge in [-0.05, 0) is 43.5 Å². The fourth-order valence-electron chi connectivity index (χ4n) is 2.25. The lowest BCUT2D eigenvalue weighted by Gasteiger charge is -2.29. The van der Waals surface area contributed by atoms with Crippen LogP contribution in [0.25, 0.3) is 0 Å². The smallest absolute Gasteiger partial charge is 0.253 e. The number of benzene rings is 1. The molecule has 0 aliphatic carbocycles. The zero-order chi connectivity index (χ0) is 13.1. The first-order valence-corrected chi connectivity index (χ1v) is 6.85. The summed E-state index contributed by atoms with van der Waals surface area (Å²) in [6.45, 7) is 3.34. The van der Waals surface area contributed by atoms with E-state index in [1.807, 2.05) is 30.0 Å². The van der Waals surface area contributed by atoms with Crippen molar-refractivity contribution in [3.8, 4) is 6.07 Å². The van der Waals surface area contributed by atoms with E-state index in [1.165, 1.54) is 0 Å². The first-order chi connectivity index (χ1) is 8.60. The van der Waals surface area contributed by atoms with Gasteiger partial charge in [-0.25, -0.2) is 0 Å². The van der Waals surface area contributed by atoms with Crippen LogP contribution in [0, 0.1) is 24.2 Å². The molecule has 1 aromatic carbocycles. The fourth-order valence-corrected chi connectivity index (χ4v) is 2.86. The number of nitrogens with zero attached hydrogens (tertiary/aromatic N) is 2. The lowest BCUT2D eigenvalue weighted by molar-refractivity contribution is 0.0707. The second-order valence-electron chi connectivity index (χ2n) is 4.71. The number of rotatable bonds is 1. The number of likely N-dealkylation sites (tertiary alicyclic amines) is 1. The van der Waals surface area contributed by atoms with E-state index in [0.29, 0.717) is 13.1 Å². The van der Waals surface area contributed by atoms with Gasteiger partial charge in [0.25, 0.3) is 5.91 Å². The number of hydrogen-bond donors (Lipinski definition) is 0. The average molecular weight is 307 g/mol. The Kier molecular flexibility index (Phi) is 4.03. The Bertz CT molecular complexity index is 479. The summed E-state index contributed by atoms with van der Waals surface area (Å²) in [4.78, 5) is 14.2. The quantitative estimate of drug-likeness (QED) is 0.800. The van der Waals surface area contributed by atoms with E-state index in [1.54, 1.807) is 0 Å². The Hall–Kier alpha value is -1.34. The number of hydrogen-bond acceptors (Lipinski definition) is 2. The summed E-state index contributed by atoms with van der Waals surface area (Å²) in [5.74, 6) is 0.175. The second kappa shape index (κ2) is 5.53. The Morgan fingerprint density at radius 3 is 2.61 bits per heavy atom. The van der Waals surface area contributed by atoms with Gasteiger partial charge in [0.2, 0.25) is 0 Å². The van der Waals surface area contributed by atoms with Crippen molar-refractivity contribution in [2.45, 2.75) is 19.8 Å². The molecule has 1 amide bonds. The summed E-state index contributed by atoms with van der Waals surface area (Å²) >= 11 is 3.41. The van der Waals surface area contributed by atoms with Gasteiger partial charge in [0.15, 0.2) is 0 Å². The van der Waals surface area contributed by atoms with Crippen molar-refractivity contribution < 1.29 is 4.79 Å². The standard InChI is InChI=1S/C14H15BrN2O/c1-10-6-12(8-13(15)7-10)14(18)17-4-2-11(9-16)3-5-17/h6-8,11H,2-5H2,1H3. The van der Waals surface area contributed by atoms with E-state index in [-0.39, 0.29) is 11.8 Å². The zero-order valence-corrected chi connectivity index (χ0v) is 11.9. The predicted octanol–water partition coefficient (Wildman–Crippen LogP) is 3.13. The van der Waals surface area contributed by atoms with Crippen molar-refractivity contribution in [3.63, 3.8) is 0 Å². The first-order valence-electron chi connectivity index (χ1n) is 6.06. The van der Waals surface area contributed by atoms with E-state index < -0.39 is 0 Å².